The fraction of sp³-hybridized carbons (Fsp3) is 0.400. The largest absolute Gasteiger partial charge is 0.464 e. The van der Waals surface area contributed by atoms with Crippen LogP contribution in [-0.2, 0) is 24.5 Å². The van der Waals surface area contributed by atoms with Crippen LogP contribution in [0.2, 0.25) is 0 Å². The van der Waals surface area contributed by atoms with E-state index in [9.17, 15) is 27.2 Å². The molecular weight excluding hydrogens is 613 g/mol. The van der Waals surface area contributed by atoms with Crippen molar-refractivity contribution in [3.63, 3.8) is 0 Å². The highest BCUT2D eigenvalue weighted by atomic mass is 79.9. The number of rotatable bonds is 10. The summed E-state index contributed by atoms with van der Waals surface area (Å²) < 4.78 is 62.8. The molecule has 212 valence electrons. The molecule has 0 bridgehead atoms. The van der Waals surface area contributed by atoms with E-state index in [0.29, 0.717) is 0 Å². The van der Waals surface area contributed by atoms with E-state index < -0.39 is 52.1 Å². The number of halogens is 2. The summed E-state index contributed by atoms with van der Waals surface area (Å²) in [6, 6.07) is 2.56. The molecule has 0 spiro atoms. The third kappa shape index (κ3) is 8.32. The van der Waals surface area contributed by atoms with Crippen LogP contribution in [0.4, 0.5) is 15.0 Å². The van der Waals surface area contributed by atoms with Gasteiger partial charge >= 0.3 is 28.0 Å². The predicted octanol–water partition coefficient (Wildman–Crippen LogP) is 1.48. The molecule has 0 aliphatic heterocycles. The van der Waals surface area contributed by atoms with Crippen molar-refractivity contribution in [3.05, 3.63) is 39.0 Å². The third-order valence-electron chi connectivity index (χ3n) is 4.41. The predicted molar refractivity (Wildman–Crippen MR) is 133 cm³/mol. The summed E-state index contributed by atoms with van der Waals surface area (Å²) in [4.78, 5) is 35.6. The Labute approximate surface area is 228 Å². The van der Waals surface area contributed by atoms with E-state index in [1.165, 1.54) is 12.1 Å². The van der Waals surface area contributed by atoms with Crippen LogP contribution in [0.25, 0.3) is 17.2 Å². The molecule has 1 unspecified atom stereocenters. The van der Waals surface area contributed by atoms with Gasteiger partial charge in [-0.05, 0) is 65.2 Å². The molecule has 0 aliphatic rings. The van der Waals surface area contributed by atoms with Crippen molar-refractivity contribution in [1.29, 1.82) is 0 Å². The van der Waals surface area contributed by atoms with Crippen molar-refractivity contribution in [2.24, 2.45) is 0 Å². The van der Waals surface area contributed by atoms with Gasteiger partial charge in [0.1, 0.15) is 18.0 Å². The Bertz CT molecular complexity index is 1510. The van der Waals surface area contributed by atoms with Gasteiger partial charge in [-0.1, -0.05) is 5.16 Å². The van der Waals surface area contributed by atoms with Gasteiger partial charge in [0.25, 0.3) is 0 Å². The maximum atomic E-state index is 13.7. The van der Waals surface area contributed by atoms with E-state index in [4.69, 9.17) is 18.6 Å². The van der Waals surface area contributed by atoms with Crippen LogP contribution in [0.5, 0.6) is 0 Å². The molecule has 3 aromatic rings. The fourth-order valence-electron chi connectivity index (χ4n) is 2.93. The van der Waals surface area contributed by atoms with Crippen LogP contribution in [-0.4, -0.2) is 65.3 Å². The third-order valence-corrected chi connectivity index (χ3v) is 6.10. The first kappa shape index (κ1) is 29.7. The topological polar surface area (TPSA) is 210 Å². The number of aromatic nitrogens is 4. The molecule has 0 aliphatic carbocycles. The number of nitrogens with one attached hydrogen (secondary N) is 3. The van der Waals surface area contributed by atoms with Gasteiger partial charge in [-0.3, -0.25) is 9.32 Å². The van der Waals surface area contributed by atoms with Crippen LogP contribution < -0.4 is 20.5 Å². The Morgan fingerprint density at radius 1 is 1.23 bits per heavy atom. The van der Waals surface area contributed by atoms with Gasteiger partial charge < -0.3 is 14.8 Å². The second-order valence-electron chi connectivity index (χ2n) is 8.77. The maximum Gasteiger partial charge on any atom is 0.446 e. The molecule has 2 aromatic heterocycles. The zero-order valence-electron chi connectivity index (χ0n) is 20.9. The fourth-order valence-corrected chi connectivity index (χ4v) is 4.21. The second-order valence-corrected chi connectivity index (χ2v) is 11.1. The zero-order chi connectivity index (χ0) is 29.0. The van der Waals surface area contributed by atoms with Gasteiger partial charge in [0, 0.05) is 13.5 Å². The summed E-state index contributed by atoms with van der Waals surface area (Å²) in [5.74, 6) is -2.47. The number of ether oxygens (including phenoxy) is 2. The lowest BCUT2D eigenvalue weighted by Gasteiger charge is -2.22. The van der Waals surface area contributed by atoms with Gasteiger partial charge in [-0.25, -0.2) is 27.9 Å². The minimum absolute atomic E-state index is 0.0660. The smallest absolute Gasteiger partial charge is 0.446 e. The second kappa shape index (κ2) is 11.9. The lowest BCUT2D eigenvalue weighted by atomic mass is 10.2. The standard InChI is InChI=1S/C20H23BrFN7O9S/c1-10(30)35-9-11(27-39(33,34)28-18(31)36-20(2,3)4)8-23-16-15(24-38-25-16)17-26-37-19(32)29(17)12-5-6-14(22)13(21)7-12/h5-7,11,27H,8-9H2,1-4H3,(H,23,25)(H,28,31). The number of carbonyl (C=O) groups is 2. The molecule has 1 aromatic carbocycles. The first-order valence-corrected chi connectivity index (χ1v) is 13.2. The number of amides is 1. The number of hydrogen-bond acceptors (Lipinski definition) is 13. The zero-order valence-corrected chi connectivity index (χ0v) is 23.3. The van der Waals surface area contributed by atoms with Crippen molar-refractivity contribution in [1.82, 2.24) is 29.5 Å². The number of carbonyl (C=O) groups excluding carboxylic acids is 2. The lowest BCUT2D eigenvalue weighted by Crippen LogP contribution is -2.50. The van der Waals surface area contributed by atoms with Crippen LogP contribution in [0.1, 0.15) is 27.7 Å². The summed E-state index contributed by atoms with van der Waals surface area (Å²) >= 11 is 3.04. The molecule has 0 radical (unpaired) electrons. The van der Waals surface area contributed by atoms with Gasteiger partial charge in [-0.2, -0.15) is 13.1 Å². The molecule has 2 heterocycles. The van der Waals surface area contributed by atoms with Crippen molar-refractivity contribution in [2.45, 2.75) is 39.3 Å². The van der Waals surface area contributed by atoms with Gasteiger partial charge in [0.15, 0.2) is 5.69 Å². The van der Waals surface area contributed by atoms with Gasteiger partial charge in [0.2, 0.25) is 11.6 Å². The van der Waals surface area contributed by atoms with E-state index in [-0.39, 0.29) is 34.0 Å². The Morgan fingerprint density at radius 2 is 1.95 bits per heavy atom. The van der Waals surface area contributed by atoms with E-state index in [1.54, 1.807) is 25.5 Å². The van der Waals surface area contributed by atoms with E-state index in [2.05, 4.69) is 41.4 Å². The Hall–Kier alpha value is -3.84. The van der Waals surface area contributed by atoms with E-state index in [1.807, 2.05) is 0 Å². The molecule has 19 heteroatoms. The highest BCUT2D eigenvalue weighted by molar-refractivity contribution is 9.10. The van der Waals surface area contributed by atoms with E-state index in [0.717, 1.165) is 17.6 Å². The molecule has 1 amide bonds. The quantitative estimate of drug-likeness (QED) is 0.270. The highest BCUT2D eigenvalue weighted by Gasteiger charge is 2.27. The average molecular weight is 636 g/mol. The number of anilines is 1. The summed E-state index contributed by atoms with van der Waals surface area (Å²) in [5, 5.41) is 13.8. The minimum Gasteiger partial charge on any atom is -0.464 e. The van der Waals surface area contributed by atoms with Crippen LogP contribution >= 0.6 is 15.9 Å². The Morgan fingerprint density at radius 3 is 2.59 bits per heavy atom. The molecule has 0 saturated heterocycles. The molecule has 16 nitrogen and oxygen atoms in total. The van der Waals surface area contributed by atoms with Crippen molar-refractivity contribution < 1.29 is 41.0 Å². The van der Waals surface area contributed by atoms with Crippen LogP contribution in [0.15, 0.2) is 36.6 Å². The molecule has 39 heavy (non-hydrogen) atoms. The SMILES string of the molecule is CC(=O)OCC(CNc1nonc1-c1noc(=O)n1-c1ccc(F)c(Br)c1)NS(=O)(=O)NC(=O)OC(C)(C)C. The monoisotopic (exact) mass is 635 g/mol. The number of hydrogen-bond donors (Lipinski definition) is 3. The minimum atomic E-state index is -4.47. The summed E-state index contributed by atoms with van der Waals surface area (Å²) in [6.45, 7) is 5.03. The first-order valence-electron chi connectivity index (χ1n) is 10.9. The lowest BCUT2D eigenvalue weighted by molar-refractivity contribution is -0.141. The van der Waals surface area contributed by atoms with Crippen LogP contribution in [0, 0.1) is 5.82 Å². The van der Waals surface area contributed by atoms with Crippen molar-refractivity contribution >= 4 is 44.0 Å². The van der Waals surface area contributed by atoms with Crippen LogP contribution in [0.3, 0.4) is 0 Å². The Kier molecular flexibility index (Phi) is 9.07. The summed E-state index contributed by atoms with van der Waals surface area (Å²) in [7, 11) is -4.47. The molecule has 1 atom stereocenters. The van der Waals surface area contributed by atoms with Crippen molar-refractivity contribution in [2.75, 3.05) is 18.5 Å². The molecule has 3 rings (SSSR count). The van der Waals surface area contributed by atoms with E-state index >= 15 is 0 Å². The number of nitrogens with zero attached hydrogens (tertiary/aromatic N) is 4. The average Bonchev–Trinajstić information content (AvgIpc) is 3.41. The molecule has 3 N–H and O–H groups in total. The molecular formula is C20H23BrFN7O9S. The molecule has 0 fully saturated rings. The van der Waals surface area contributed by atoms with Crippen molar-refractivity contribution in [3.8, 4) is 17.2 Å². The highest BCUT2D eigenvalue weighted by Crippen LogP contribution is 2.26. The van der Waals surface area contributed by atoms with Gasteiger partial charge in [-0.15, -0.1) is 0 Å². The summed E-state index contributed by atoms with van der Waals surface area (Å²) in [6.07, 6.45) is -1.23. The first-order chi connectivity index (χ1) is 18.1. The number of esters is 1. The van der Waals surface area contributed by atoms with Gasteiger partial charge in [0.05, 0.1) is 16.2 Å². The maximum absolute atomic E-state index is 13.7. The molecule has 0 saturated carbocycles. The Balaban J connectivity index is 1.81. The number of benzene rings is 1. The summed E-state index contributed by atoms with van der Waals surface area (Å²) in [5.41, 5.74) is -0.907. The normalized spacial score (nSPS) is 12.6.